The number of rotatable bonds is 3. The molecule has 2 heterocycles. The van der Waals surface area contributed by atoms with Gasteiger partial charge in [0.25, 0.3) is 5.91 Å². The molecular formula is C20H15N3O2S. The maximum atomic E-state index is 13.5. The molecule has 2 aromatic heterocycles. The zero-order valence-electron chi connectivity index (χ0n) is 14.0. The predicted octanol–water partition coefficient (Wildman–Crippen LogP) is 4.27. The highest BCUT2D eigenvalue weighted by atomic mass is 32.1. The lowest BCUT2D eigenvalue weighted by atomic mass is 10.1. The number of nitrogens with zero attached hydrogens (tertiary/aromatic N) is 2. The van der Waals surface area contributed by atoms with Crippen LogP contribution in [-0.2, 0) is 0 Å². The van der Waals surface area contributed by atoms with Crippen molar-refractivity contribution < 1.29 is 4.79 Å². The molecule has 4 aromatic rings. The zero-order valence-corrected chi connectivity index (χ0v) is 14.8. The maximum absolute atomic E-state index is 13.5. The smallest absolute Gasteiger partial charge is 0.265 e. The molecule has 0 saturated heterocycles. The Morgan fingerprint density at radius 1 is 1.08 bits per heavy atom. The first kappa shape index (κ1) is 16.2. The Hall–Kier alpha value is -3.25. The highest BCUT2D eigenvalue weighted by Crippen LogP contribution is 2.31. The number of carbonyl (C=O) groups is 1. The summed E-state index contributed by atoms with van der Waals surface area (Å²) in [5, 5.41) is 3.17. The summed E-state index contributed by atoms with van der Waals surface area (Å²) in [5.74, 6) is -0.284. The first-order valence-corrected chi connectivity index (χ1v) is 8.95. The molecular weight excluding hydrogens is 346 g/mol. The van der Waals surface area contributed by atoms with Gasteiger partial charge in [0.2, 0.25) is 5.56 Å². The molecule has 1 N–H and O–H groups in total. The van der Waals surface area contributed by atoms with E-state index in [0.717, 1.165) is 5.69 Å². The summed E-state index contributed by atoms with van der Waals surface area (Å²) in [4.78, 5) is 34.3. The second-order valence-corrected chi connectivity index (χ2v) is 6.68. The van der Waals surface area contributed by atoms with Crippen LogP contribution in [0.25, 0.3) is 10.9 Å². The Morgan fingerprint density at radius 3 is 2.54 bits per heavy atom. The standard InChI is InChI=1S/C20H15N3O2S/c1-13-12-26-20(21-13)23(14-7-3-2-4-8-14)19(25)16-11-18(24)22-17-10-6-5-9-15(16)17/h2-12H,1H3,(H,22,24). The van der Waals surface area contributed by atoms with Gasteiger partial charge in [-0.1, -0.05) is 36.4 Å². The van der Waals surface area contributed by atoms with E-state index in [-0.39, 0.29) is 11.5 Å². The molecule has 0 spiro atoms. The third-order valence-electron chi connectivity index (χ3n) is 4.00. The highest BCUT2D eigenvalue weighted by molar-refractivity contribution is 7.14. The summed E-state index contributed by atoms with van der Waals surface area (Å²) in [7, 11) is 0. The minimum atomic E-state index is -0.310. The van der Waals surface area contributed by atoms with Crippen LogP contribution >= 0.6 is 11.3 Å². The average molecular weight is 361 g/mol. The number of aromatic amines is 1. The molecule has 6 heteroatoms. The molecule has 26 heavy (non-hydrogen) atoms. The van der Waals surface area contributed by atoms with Gasteiger partial charge in [0.05, 0.1) is 16.9 Å². The lowest BCUT2D eigenvalue weighted by molar-refractivity contribution is 0.100. The van der Waals surface area contributed by atoms with Crippen molar-refractivity contribution in [2.45, 2.75) is 6.92 Å². The molecule has 4 rings (SSSR count). The van der Waals surface area contributed by atoms with Crippen molar-refractivity contribution >= 4 is 39.0 Å². The number of aromatic nitrogens is 2. The third-order valence-corrected chi connectivity index (χ3v) is 4.94. The van der Waals surface area contributed by atoms with Crippen molar-refractivity contribution in [1.82, 2.24) is 9.97 Å². The average Bonchev–Trinajstić information content (AvgIpc) is 3.08. The first-order chi connectivity index (χ1) is 12.6. The van der Waals surface area contributed by atoms with Crippen LogP contribution < -0.4 is 10.5 Å². The molecule has 5 nitrogen and oxygen atoms in total. The number of carbonyl (C=O) groups excluding carboxylic acids is 1. The molecule has 0 unspecified atom stereocenters. The summed E-state index contributed by atoms with van der Waals surface area (Å²) in [6, 6.07) is 18.0. The van der Waals surface area contributed by atoms with E-state index in [1.54, 1.807) is 11.0 Å². The fourth-order valence-corrected chi connectivity index (χ4v) is 3.66. The Morgan fingerprint density at radius 2 is 1.81 bits per heavy atom. The lowest BCUT2D eigenvalue weighted by Gasteiger charge is -2.20. The second-order valence-electron chi connectivity index (χ2n) is 5.84. The van der Waals surface area contributed by atoms with E-state index in [9.17, 15) is 9.59 Å². The van der Waals surface area contributed by atoms with Crippen LogP contribution in [0.1, 0.15) is 16.1 Å². The van der Waals surface area contributed by atoms with Gasteiger partial charge in [-0.05, 0) is 25.1 Å². The summed E-state index contributed by atoms with van der Waals surface area (Å²) >= 11 is 1.39. The number of aryl methyl sites for hydroxylation is 1. The number of benzene rings is 2. The number of H-pyrrole nitrogens is 1. The van der Waals surface area contributed by atoms with E-state index < -0.39 is 0 Å². The molecule has 1 amide bonds. The Bertz CT molecular complexity index is 1150. The van der Waals surface area contributed by atoms with Crippen molar-refractivity contribution in [3.8, 4) is 0 Å². The number of hydrogen-bond acceptors (Lipinski definition) is 4. The molecule has 128 valence electrons. The summed E-state index contributed by atoms with van der Waals surface area (Å²) < 4.78 is 0. The van der Waals surface area contributed by atoms with Gasteiger partial charge in [0.1, 0.15) is 0 Å². The van der Waals surface area contributed by atoms with Crippen molar-refractivity contribution in [2.24, 2.45) is 0 Å². The van der Waals surface area contributed by atoms with Crippen LogP contribution in [0.4, 0.5) is 10.8 Å². The number of thiazole rings is 1. The summed E-state index contributed by atoms with van der Waals surface area (Å²) in [5.41, 5.74) is 2.22. The van der Waals surface area contributed by atoms with E-state index in [1.807, 2.05) is 60.8 Å². The van der Waals surface area contributed by atoms with Crippen molar-refractivity contribution in [3.05, 3.63) is 87.7 Å². The summed E-state index contributed by atoms with van der Waals surface area (Å²) in [6.45, 7) is 1.89. The largest absolute Gasteiger partial charge is 0.322 e. The van der Waals surface area contributed by atoms with Gasteiger partial charge >= 0.3 is 0 Å². The molecule has 0 aliphatic rings. The normalized spacial score (nSPS) is 10.8. The molecule has 0 fully saturated rings. The topological polar surface area (TPSA) is 66.1 Å². The second kappa shape index (κ2) is 6.57. The number of anilines is 2. The van der Waals surface area contributed by atoms with E-state index in [4.69, 9.17) is 0 Å². The van der Waals surface area contributed by atoms with Gasteiger partial charge in [-0.3, -0.25) is 14.5 Å². The monoisotopic (exact) mass is 361 g/mol. The first-order valence-electron chi connectivity index (χ1n) is 8.07. The van der Waals surface area contributed by atoms with Gasteiger partial charge in [-0.25, -0.2) is 4.98 Å². The highest BCUT2D eigenvalue weighted by Gasteiger charge is 2.24. The number of amides is 1. The zero-order chi connectivity index (χ0) is 18.1. The van der Waals surface area contributed by atoms with Gasteiger partial charge in [-0.15, -0.1) is 11.3 Å². The molecule has 0 saturated carbocycles. The predicted molar refractivity (Wildman–Crippen MR) is 104 cm³/mol. The maximum Gasteiger partial charge on any atom is 0.265 e. The lowest BCUT2D eigenvalue weighted by Crippen LogP contribution is -2.27. The van der Waals surface area contributed by atoms with Gasteiger partial charge in [-0.2, -0.15) is 0 Å². The van der Waals surface area contributed by atoms with Crippen LogP contribution in [0.3, 0.4) is 0 Å². The Labute approximate surface area is 153 Å². The number of para-hydroxylation sites is 2. The molecule has 0 radical (unpaired) electrons. The quantitative estimate of drug-likeness (QED) is 0.592. The third kappa shape index (κ3) is 2.91. The van der Waals surface area contributed by atoms with Crippen molar-refractivity contribution in [1.29, 1.82) is 0 Å². The Balaban J connectivity index is 1.92. The van der Waals surface area contributed by atoms with E-state index in [0.29, 0.717) is 27.3 Å². The van der Waals surface area contributed by atoms with Crippen molar-refractivity contribution in [3.63, 3.8) is 0 Å². The molecule has 0 bridgehead atoms. The van der Waals surface area contributed by atoms with E-state index in [2.05, 4.69) is 9.97 Å². The van der Waals surface area contributed by atoms with Gasteiger partial charge in [0, 0.05) is 22.3 Å². The number of pyridine rings is 1. The number of fused-ring (bicyclic) bond motifs is 1. The van der Waals surface area contributed by atoms with Crippen LogP contribution in [0.15, 0.2) is 70.8 Å². The fourth-order valence-electron chi connectivity index (χ4n) is 2.84. The minimum Gasteiger partial charge on any atom is -0.322 e. The molecule has 0 aliphatic carbocycles. The van der Waals surface area contributed by atoms with Crippen LogP contribution in [0, 0.1) is 6.92 Å². The molecule has 0 atom stereocenters. The van der Waals surface area contributed by atoms with Gasteiger partial charge < -0.3 is 4.98 Å². The molecule has 2 aromatic carbocycles. The fraction of sp³-hybridized carbons (Fsp3) is 0.0500. The van der Waals surface area contributed by atoms with E-state index >= 15 is 0 Å². The molecule has 0 aliphatic heterocycles. The van der Waals surface area contributed by atoms with E-state index in [1.165, 1.54) is 17.4 Å². The van der Waals surface area contributed by atoms with Crippen molar-refractivity contribution in [2.75, 3.05) is 4.90 Å². The summed E-state index contributed by atoms with van der Waals surface area (Å²) in [6.07, 6.45) is 0. The SMILES string of the molecule is Cc1csc(N(C(=O)c2cc(=O)[nH]c3ccccc23)c2ccccc2)n1. The van der Waals surface area contributed by atoms with Gasteiger partial charge in [0.15, 0.2) is 5.13 Å². The number of hydrogen-bond donors (Lipinski definition) is 1. The van der Waals surface area contributed by atoms with Crippen LogP contribution in [0.5, 0.6) is 0 Å². The van der Waals surface area contributed by atoms with Crippen LogP contribution in [0.2, 0.25) is 0 Å². The Kier molecular flexibility index (Phi) is 4.10. The minimum absolute atomic E-state index is 0.284. The number of nitrogens with one attached hydrogen (secondary N) is 1. The van der Waals surface area contributed by atoms with Crippen LogP contribution in [-0.4, -0.2) is 15.9 Å².